The summed E-state index contributed by atoms with van der Waals surface area (Å²) in [4.78, 5) is 1.41. The van der Waals surface area contributed by atoms with Crippen molar-refractivity contribution in [3.05, 3.63) is 21.9 Å². The van der Waals surface area contributed by atoms with Crippen LogP contribution in [-0.4, -0.2) is 19.8 Å². The zero-order valence-corrected chi connectivity index (χ0v) is 11.7. The Labute approximate surface area is 103 Å². The monoisotopic (exact) mass is 241 g/mol. The maximum absolute atomic E-state index is 5.65. The highest BCUT2D eigenvalue weighted by molar-refractivity contribution is 7.10. The molecule has 0 aliphatic rings. The van der Waals surface area contributed by atoms with E-state index in [9.17, 15) is 0 Å². The van der Waals surface area contributed by atoms with Gasteiger partial charge in [-0.25, -0.2) is 0 Å². The molecule has 1 rings (SSSR count). The molecule has 1 aromatic rings. The van der Waals surface area contributed by atoms with E-state index in [1.165, 1.54) is 10.4 Å². The van der Waals surface area contributed by atoms with Crippen LogP contribution in [0.1, 0.15) is 37.3 Å². The second-order valence-corrected chi connectivity index (χ2v) is 5.40. The third kappa shape index (κ3) is 3.06. The topological polar surface area (TPSA) is 21.3 Å². The number of methoxy groups -OCH3 is 1. The maximum Gasteiger partial charge on any atom is 0.0796 e. The average molecular weight is 241 g/mol. The van der Waals surface area contributed by atoms with Crippen molar-refractivity contribution in [3.63, 3.8) is 0 Å². The van der Waals surface area contributed by atoms with Gasteiger partial charge in [-0.05, 0) is 36.4 Å². The SMILES string of the molecule is CCNC(c1sccc1C)C(OC)C(C)C. The largest absolute Gasteiger partial charge is 0.379 e. The summed E-state index contributed by atoms with van der Waals surface area (Å²) in [6, 6.07) is 2.49. The van der Waals surface area contributed by atoms with Gasteiger partial charge in [0.05, 0.1) is 12.1 Å². The molecule has 0 fully saturated rings. The van der Waals surface area contributed by atoms with Gasteiger partial charge in [0.1, 0.15) is 0 Å². The predicted octanol–water partition coefficient (Wildman–Crippen LogP) is 3.38. The van der Waals surface area contributed by atoms with Gasteiger partial charge in [-0.2, -0.15) is 0 Å². The highest BCUT2D eigenvalue weighted by atomic mass is 32.1. The molecule has 0 spiro atoms. The average Bonchev–Trinajstić information content (AvgIpc) is 2.63. The lowest BCUT2D eigenvalue weighted by Gasteiger charge is -2.29. The Morgan fingerprint density at radius 3 is 2.50 bits per heavy atom. The Bertz CT molecular complexity index is 309. The summed E-state index contributed by atoms with van der Waals surface area (Å²) in [5.41, 5.74) is 1.36. The first-order valence-electron chi connectivity index (χ1n) is 5.92. The molecular weight excluding hydrogens is 218 g/mol. The fourth-order valence-electron chi connectivity index (χ4n) is 2.07. The van der Waals surface area contributed by atoms with E-state index in [0.29, 0.717) is 12.0 Å². The van der Waals surface area contributed by atoms with Gasteiger partial charge in [-0.15, -0.1) is 11.3 Å². The van der Waals surface area contributed by atoms with Crippen LogP contribution in [0.2, 0.25) is 0 Å². The lowest BCUT2D eigenvalue weighted by Crippen LogP contribution is -2.36. The summed E-state index contributed by atoms with van der Waals surface area (Å²) in [7, 11) is 1.80. The summed E-state index contributed by atoms with van der Waals surface area (Å²) >= 11 is 1.82. The van der Waals surface area contributed by atoms with E-state index in [1.807, 2.05) is 11.3 Å². The minimum atomic E-state index is 0.234. The van der Waals surface area contributed by atoms with Crippen LogP contribution >= 0.6 is 11.3 Å². The molecule has 0 amide bonds. The molecule has 2 unspecified atom stereocenters. The number of ether oxygens (including phenoxy) is 1. The lowest BCUT2D eigenvalue weighted by molar-refractivity contribution is 0.0339. The third-order valence-electron chi connectivity index (χ3n) is 2.87. The number of hydrogen-bond acceptors (Lipinski definition) is 3. The van der Waals surface area contributed by atoms with E-state index >= 15 is 0 Å². The molecule has 0 bridgehead atoms. The minimum Gasteiger partial charge on any atom is -0.379 e. The lowest BCUT2D eigenvalue weighted by atomic mass is 9.96. The van der Waals surface area contributed by atoms with Crippen molar-refractivity contribution in [2.75, 3.05) is 13.7 Å². The van der Waals surface area contributed by atoms with Crippen LogP contribution in [-0.2, 0) is 4.74 Å². The van der Waals surface area contributed by atoms with Crippen molar-refractivity contribution in [2.24, 2.45) is 5.92 Å². The van der Waals surface area contributed by atoms with Gasteiger partial charge in [-0.1, -0.05) is 20.8 Å². The molecule has 3 heteroatoms. The van der Waals surface area contributed by atoms with Crippen molar-refractivity contribution in [1.82, 2.24) is 5.32 Å². The number of rotatable bonds is 6. The maximum atomic E-state index is 5.65. The fourth-order valence-corrected chi connectivity index (χ4v) is 3.11. The molecule has 1 heterocycles. The molecule has 0 saturated heterocycles. The van der Waals surface area contributed by atoms with Crippen molar-refractivity contribution < 1.29 is 4.74 Å². The van der Waals surface area contributed by atoms with Crippen molar-refractivity contribution >= 4 is 11.3 Å². The molecule has 0 radical (unpaired) electrons. The Morgan fingerprint density at radius 2 is 2.12 bits per heavy atom. The molecule has 92 valence electrons. The second-order valence-electron chi connectivity index (χ2n) is 4.45. The van der Waals surface area contributed by atoms with Gasteiger partial charge in [0.15, 0.2) is 0 Å². The van der Waals surface area contributed by atoms with E-state index in [0.717, 1.165) is 6.54 Å². The van der Waals surface area contributed by atoms with Crippen LogP contribution in [0.15, 0.2) is 11.4 Å². The van der Waals surface area contributed by atoms with Crippen molar-refractivity contribution in [3.8, 4) is 0 Å². The molecule has 0 aliphatic carbocycles. The van der Waals surface area contributed by atoms with Crippen LogP contribution in [0, 0.1) is 12.8 Å². The summed E-state index contributed by atoms with van der Waals surface area (Å²) in [6.45, 7) is 9.70. The van der Waals surface area contributed by atoms with Crippen LogP contribution in [0.25, 0.3) is 0 Å². The number of aryl methyl sites for hydroxylation is 1. The number of hydrogen-bond donors (Lipinski definition) is 1. The molecule has 2 atom stereocenters. The van der Waals surface area contributed by atoms with E-state index in [1.54, 1.807) is 7.11 Å². The Balaban J connectivity index is 2.93. The minimum absolute atomic E-state index is 0.234. The Morgan fingerprint density at radius 1 is 1.44 bits per heavy atom. The molecule has 1 aromatic heterocycles. The van der Waals surface area contributed by atoms with E-state index in [4.69, 9.17) is 4.74 Å². The molecule has 16 heavy (non-hydrogen) atoms. The van der Waals surface area contributed by atoms with Crippen LogP contribution in [0.4, 0.5) is 0 Å². The second kappa shape index (κ2) is 6.38. The summed E-state index contributed by atoms with van der Waals surface area (Å²) in [5, 5.41) is 5.70. The zero-order valence-electron chi connectivity index (χ0n) is 10.9. The Hall–Kier alpha value is -0.380. The van der Waals surface area contributed by atoms with Gasteiger partial charge in [-0.3, -0.25) is 0 Å². The van der Waals surface area contributed by atoms with Crippen LogP contribution in [0.3, 0.4) is 0 Å². The Kier molecular flexibility index (Phi) is 5.46. The summed E-state index contributed by atoms with van der Waals surface area (Å²) in [6.07, 6.45) is 0.234. The molecular formula is C13H23NOS. The molecule has 0 aliphatic heterocycles. The summed E-state index contributed by atoms with van der Waals surface area (Å²) in [5.74, 6) is 0.510. The number of nitrogens with one attached hydrogen (secondary N) is 1. The van der Waals surface area contributed by atoms with E-state index in [-0.39, 0.29) is 6.10 Å². The van der Waals surface area contributed by atoms with E-state index in [2.05, 4.69) is 44.5 Å². The van der Waals surface area contributed by atoms with Crippen LogP contribution < -0.4 is 5.32 Å². The quantitative estimate of drug-likeness (QED) is 0.824. The van der Waals surface area contributed by atoms with Crippen LogP contribution in [0.5, 0.6) is 0 Å². The van der Waals surface area contributed by atoms with Crippen molar-refractivity contribution in [2.45, 2.75) is 39.8 Å². The zero-order chi connectivity index (χ0) is 12.1. The smallest absolute Gasteiger partial charge is 0.0796 e. The van der Waals surface area contributed by atoms with Crippen molar-refractivity contribution in [1.29, 1.82) is 0 Å². The molecule has 0 aromatic carbocycles. The number of likely N-dealkylation sites (N-methyl/N-ethyl adjacent to an activating group) is 1. The van der Waals surface area contributed by atoms with Gasteiger partial charge < -0.3 is 10.1 Å². The highest BCUT2D eigenvalue weighted by Gasteiger charge is 2.27. The van der Waals surface area contributed by atoms with E-state index < -0.39 is 0 Å². The van der Waals surface area contributed by atoms with Gasteiger partial charge in [0.25, 0.3) is 0 Å². The normalized spacial score (nSPS) is 15.4. The molecule has 0 saturated carbocycles. The highest BCUT2D eigenvalue weighted by Crippen LogP contribution is 2.30. The fraction of sp³-hybridized carbons (Fsp3) is 0.692. The first-order chi connectivity index (χ1) is 7.61. The molecule has 1 N–H and O–H groups in total. The first-order valence-corrected chi connectivity index (χ1v) is 6.79. The van der Waals surface area contributed by atoms with Gasteiger partial charge >= 0.3 is 0 Å². The van der Waals surface area contributed by atoms with Gasteiger partial charge in [0, 0.05) is 12.0 Å². The first kappa shape index (κ1) is 13.7. The number of thiophene rings is 1. The third-order valence-corrected chi connectivity index (χ3v) is 3.97. The standard InChI is InChI=1S/C13H23NOS/c1-6-14-11(12(15-5)9(2)3)13-10(4)7-8-16-13/h7-9,11-12,14H,6H2,1-5H3. The predicted molar refractivity (Wildman–Crippen MR) is 71.1 cm³/mol. The summed E-state index contributed by atoms with van der Waals surface area (Å²) < 4.78 is 5.65. The molecule has 2 nitrogen and oxygen atoms in total. The van der Waals surface area contributed by atoms with Gasteiger partial charge in [0.2, 0.25) is 0 Å².